The van der Waals surface area contributed by atoms with Crippen LogP contribution in [0.4, 0.5) is 11.4 Å². The number of carbonyl (C=O) groups is 1. The Kier molecular flexibility index (Phi) is 8.75. The maximum absolute atomic E-state index is 13.1. The van der Waals surface area contributed by atoms with Gasteiger partial charge in [-0.25, -0.2) is 0 Å². The first-order valence-electron chi connectivity index (χ1n) is 13.9. The predicted octanol–water partition coefficient (Wildman–Crippen LogP) is 6.35. The fourth-order valence-corrected chi connectivity index (χ4v) is 5.08. The summed E-state index contributed by atoms with van der Waals surface area (Å²) in [6, 6.07) is 14.9. The van der Waals surface area contributed by atoms with Gasteiger partial charge in [-0.15, -0.1) is 0 Å². The second kappa shape index (κ2) is 12.8. The summed E-state index contributed by atoms with van der Waals surface area (Å²) >= 11 is 0. The number of nitrogens with zero attached hydrogens (tertiary/aromatic N) is 3. The lowest BCUT2D eigenvalue weighted by Crippen LogP contribution is -2.35. The molecule has 2 aliphatic rings. The minimum absolute atomic E-state index is 0.00638. The zero-order valence-corrected chi connectivity index (χ0v) is 23.8. The molecule has 3 aromatic carbocycles. The lowest BCUT2D eigenvalue weighted by molar-refractivity contribution is -0.386. The van der Waals surface area contributed by atoms with Gasteiger partial charge >= 0.3 is 5.69 Å². The minimum atomic E-state index is -0.509. The van der Waals surface area contributed by atoms with Crippen molar-refractivity contribution in [2.24, 2.45) is 4.99 Å². The van der Waals surface area contributed by atoms with E-state index in [1.165, 1.54) is 13.2 Å². The Bertz CT molecular complexity index is 1470. The van der Waals surface area contributed by atoms with Crippen LogP contribution in [0.25, 0.3) is 0 Å². The fraction of sp³-hybridized carbons (Fsp3) is 0.355. The van der Waals surface area contributed by atoms with Gasteiger partial charge < -0.3 is 28.6 Å². The van der Waals surface area contributed by atoms with Gasteiger partial charge in [0.2, 0.25) is 11.5 Å². The number of hydrogen-bond acceptors (Lipinski definition) is 9. The van der Waals surface area contributed by atoms with Crippen molar-refractivity contribution in [3.8, 4) is 34.5 Å². The molecule has 2 heterocycles. The monoisotopic (exact) mass is 575 g/mol. The van der Waals surface area contributed by atoms with E-state index in [4.69, 9.17) is 23.7 Å². The molecule has 0 saturated carbocycles. The Balaban J connectivity index is 1.28. The molecule has 11 nitrogen and oxygen atoms in total. The number of benzene rings is 3. The highest BCUT2D eigenvalue weighted by molar-refractivity contribution is 6.03. The van der Waals surface area contributed by atoms with Crippen molar-refractivity contribution in [3.63, 3.8) is 0 Å². The third kappa shape index (κ3) is 6.09. The number of ether oxygens (including phenoxy) is 5. The van der Waals surface area contributed by atoms with Crippen LogP contribution in [0.5, 0.6) is 34.5 Å². The van der Waals surface area contributed by atoms with E-state index in [-0.39, 0.29) is 41.8 Å². The van der Waals surface area contributed by atoms with E-state index >= 15 is 0 Å². The Hall–Kier alpha value is -4.80. The third-order valence-electron chi connectivity index (χ3n) is 7.34. The van der Waals surface area contributed by atoms with Gasteiger partial charge in [-0.1, -0.05) is 13.0 Å². The van der Waals surface area contributed by atoms with Crippen molar-refractivity contribution in [3.05, 3.63) is 70.3 Å². The van der Waals surface area contributed by atoms with Gasteiger partial charge in [0.25, 0.3) is 5.91 Å². The average Bonchev–Trinajstić information content (AvgIpc) is 3.43. The number of aliphatic imine (C=N–C) groups is 1. The second-order valence-electron chi connectivity index (χ2n) is 9.93. The summed E-state index contributed by atoms with van der Waals surface area (Å²) in [4.78, 5) is 31.1. The number of fused-ring (bicyclic) bond motifs is 2. The van der Waals surface area contributed by atoms with Crippen LogP contribution in [0, 0.1) is 10.1 Å². The van der Waals surface area contributed by atoms with Crippen LogP contribution < -0.4 is 23.7 Å². The molecule has 2 aliphatic heterocycles. The first-order valence-corrected chi connectivity index (χ1v) is 13.9. The second-order valence-corrected chi connectivity index (χ2v) is 9.93. The molecule has 11 heteroatoms. The molecule has 1 saturated heterocycles. The number of carbonyl (C=O) groups excluding carboxylic acids is 1. The summed E-state index contributed by atoms with van der Waals surface area (Å²) in [5.74, 6) is 2.08. The largest absolute Gasteiger partial charge is 0.497 e. The van der Waals surface area contributed by atoms with Crippen LogP contribution in [0.1, 0.15) is 43.0 Å². The van der Waals surface area contributed by atoms with Gasteiger partial charge in [-0.2, -0.15) is 0 Å². The zero-order valence-electron chi connectivity index (χ0n) is 23.8. The molecule has 1 fully saturated rings. The minimum Gasteiger partial charge on any atom is -0.497 e. The Morgan fingerprint density at radius 3 is 2.50 bits per heavy atom. The van der Waals surface area contributed by atoms with Crippen LogP contribution in [-0.4, -0.2) is 61.5 Å². The molecule has 1 amide bonds. The van der Waals surface area contributed by atoms with Crippen LogP contribution in [0.2, 0.25) is 0 Å². The molecule has 0 bridgehead atoms. The third-order valence-corrected chi connectivity index (χ3v) is 7.34. The lowest BCUT2D eigenvalue weighted by atomic mass is 10.1. The Morgan fingerprint density at radius 1 is 1.02 bits per heavy atom. The van der Waals surface area contributed by atoms with Gasteiger partial charge in [0.05, 0.1) is 43.0 Å². The predicted molar refractivity (Wildman–Crippen MR) is 156 cm³/mol. The maximum atomic E-state index is 13.1. The van der Waals surface area contributed by atoms with Gasteiger partial charge in [0.1, 0.15) is 17.6 Å². The van der Waals surface area contributed by atoms with Gasteiger partial charge in [0.15, 0.2) is 11.5 Å². The van der Waals surface area contributed by atoms with Crippen LogP contribution in [0.15, 0.2) is 59.6 Å². The molecule has 1 unspecified atom stereocenters. The van der Waals surface area contributed by atoms with Gasteiger partial charge in [-0.3, -0.25) is 19.9 Å². The van der Waals surface area contributed by atoms with E-state index < -0.39 is 4.92 Å². The SMILES string of the molecule is CCC(CCOc1cc2c(cc1OC)C(=O)N1CCC[C@H]1C=N2)Oc1cccc(Oc2ccc(OC)cc2)c1[N+](=O)[O-]. The highest BCUT2D eigenvalue weighted by Gasteiger charge is 2.32. The molecule has 0 radical (unpaired) electrons. The van der Waals surface area contributed by atoms with Crippen molar-refractivity contribution in [1.29, 1.82) is 0 Å². The molecule has 42 heavy (non-hydrogen) atoms. The van der Waals surface area contributed by atoms with Crippen molar-refractivity contribution >= 4 is 23.5 Å². The van der Waals surface area contributed by atoms with E-state index in [2.05, 4.69) is 4.99 Å². The van der Waals surface area contributed by atoms with E-state index in [1.54, 1.807) is 55.6 Å². The van der Waals surface area contributed by atoms with Crippen molar-refractivity contribution < 1.29 is 33.4 Å². The van der Waals surface area contributed by atoms with Crippen LogP contribution >= 0.6 is 0 Å². The quantitative estimate of drug-likeness (QED) is 0.181. The van der Waals surface area contributed by atoms with Crippen LogP contribution in [-0.2, 0) is 0 Å². The summed E-state index contributed by atoms with van der Waals surface area (Å²) in [5.41, 5.74) is 0.764. The zero-order chi connectivity index (χ0) is 29.6. The van der Waals surface area contributed by atoms with E-state index in [1.807, 2.05) is 18.0 Å². The van der Waals surface area contributed by atoms with E-state index in [0.717, 1.165) is 12.8 Å². The first kappa shape index (κ1) is 28.7. The summed E-state index contributed by atoms with van der Waals surface area (Å²) < 4.78 is 28.7. The molecule has 0 aliphatic carbocycles. The highest BCUT2D eigenvalue weighted by atomic mass is 16.6. The average molecular weight is 576 g/mol. The summed E-state index contributed by atoms with van der Waals surface area (Å²) in [5, 5.41) is 12.0. The standard InChI is InChI=1S/C31H33N3O8/c1-4-21(41-26-8-5-9-27(30(26)34(36)37)42-23-12-10-22(38-2)11-13-23)14-16-40-29-18-25-24(17-28(29)39-3)31(35)33-15-6-7-20(33)19-32-25/h5,8-13,17-21H,4,6-7,14-16H2,1-3H3/t20-,21?/m0/s1. The molecular weight excluding hydrogens is 542 g/mol. The van der Waals surface area contributed by atoms with Crippen molar-refractivity contribution in [2.75, 3.05) is 27.4 Å². The summed E-state index contributed by atoms with van der Waals surface area (Å²) in [6.45, 7) is 2.89. The number of amides is 1. The van der Waals surface area contributed by atoms with Crippen molar-refractivity contribution in [2.45, 2.75) is 44.8 Å². The number of para-hydroxylation sites is 1. The Labute approximate surface area is 243 Å². The molecule has 2 atom stereocenters. The van der Waals surface area contributed by atoms with Gasteiger partial charge in [-0.05, 0) is 61.7 Å². The van der Waals surface area contributed by atoms with E-state index in [9.17, 15) is 14.9 Å². The molecule has 5 rings (SSSR count). The fourth-order valence-electron chi connectivity index (χ4n) is 5.08. The number of nitro benzene ring substituents is 1. The molecule has 0 N–H and O–H groups in total. The highest BCUT2D eigenvalue weighted by Crippen LogP contribution is 2.41. The molecular formula is C31H33N3O8. The number of rotatable bonds is 12. The maximum Gasteiger partial charge on any atom is 0.352 e. The first-order chi connectivity index (χ1) is 20.4. The van der Waals surface area contributed by atoms with Gasteiger partial charge in [0, 0.05) is 25.2 Å². The lowest BCUT2D eigenvalue weighted by Gasteiger charge is -2.21. The van der Waals surface area contributed by atoms with E-state index in [0.29, 0.717) is 53.6 Å². The molecule has 3 aromatic rings. The molecule has 0 spiro atoms. The number of methoxy groups -OCH3 is 2. The molecule has 220 valence electrons. The topological polar surface area (TPSA) is 122 Å². The normalized spacial score (nSPS) is 16.2. The van der Waals surface area contributed by atoms with Crippen molar-refractivity contribution in [1.82, 2.24) is 4.90 Å². The summed E-state index contributed by atoms with van der Waals surface area (Å²) in [6.07, 6.45) is 4.33. The Morgan fingerprint density at radius 2 is 1.79 bits per heavy atom. The molecule has 0 aromatic heterocycles. The number of hydrogen-bond donors (Lipinski definition) is 0. The smallest absolute Gasteiger partial charge is 0.352 e. The summed E-state index contributed by atoms with van der Waals surface area (Å²) in [7, 11) is 3.08. The van der Waals surface area contributed by atoms with Crippen LogP contribution in [0.3, 0.4) is 0 Å². The number of nitro groups is 1.